The van der Waals surface area contributed by atoms with Crippen LogP contribution in [0.1, 0.15) is 0 Å². The van der Waals surface area contributed by atoms with Gasteiger partial charge < -0.3 is 0 Å². The van der Waals surface area contributed by atoms with Crippen molar-refractivity contribution in [3.05, 3.63) is 91.0 Å². The molecule has 0 aromatic heterocycles. The average molecular weight is 704 g/mol. The molecule has 0 saturated carbocycles. The van der Waals surface area contributed by atoms with Crippen LogP contribution in [-0.2, 0) is 0 Å². The van der Waals surface area contributed by atoms with Gasteiger partial charge in [0.05, 0.1) is 7.05 Å². The third-order valence-electron chi connectivity index (χ3n) is 4.51. The van der Waals surface area contributed by atoms with E-state index in [9.17, 15) is 0 Å². The van der Waals surface area contributed by atoms with Crippen LogP contribution in [-0.4, -0.2) is 0 Å². The molecule has 0 bridgehead atoms. The van der Waals surface area contributed by atoms with E-state index in [1.807, 2.05) is 91.0 Å². The molecular formula is C18H15Cl7N5P5. The second kappa shape index (κ2) is 11.1. The Morgan fingerprint density at radius 3 is 1.14 bits per heavy atom. The normalized spacial score (nSPS) is 22.7. The number of halogens is 7. The third-order valence-corrected chi connectivity index (χ3v) is 25.7. The van der Waals surface area contributed by atoms with Crippen molar-refractivity contribution in [2.24, 2.45) is 22.6 Å². The van der Waals surface area contributed by atoms with Crippen molar-refractivity contribution in [1.29, 1.82) is 0 Å². The van der Waals surface area contributed by atoms with E-state index in [1.54, 1.807) is 0 Å². The van der Waals surface area contributed by atoms with Gasteiger partial charge in [0.25, 0.3) is 24.4 Å². The van der Waals surface area contributed by atoms with Crippen molar-refractivity contribution in [3.8, 4) is 0 Å². The molecule has 186 valence electrons. The molecule has 5 nitrogen and oxygen atoms in total. The van der Waals surface area contributed by atoms with Crippen LogP contribution in [0, 0.1) is 0 Å². The molecule has 0 N–H and O–H groups in total. The van der Waals surface area contributed by atoms with Gasteiger partial charge in [0.15, 0.2) is 0 Å². The van der Waals surface area contributed by atoms with E-state index in [2.05, 4.69) is 18.1 Å². The van der Waals surface area contributed by atoms with Crippen LogP contribution in [0.4, 0.5) is 0 Å². The fourth-order valence-corrected chi connectivity index (χ4v) is 32.6. The number of nitrogens with zero attached hydrogens (tertiary/aromatic N) is 5. The number of rotatable bonds is 4. The molecule has 0 spiro atoms. The summed E-state index contributed by atoms with van der Waals surface area (Å²) < 4.78 is 22.3. The lowest BCUT2D eigenvalue weighted by atomic mass is 10.4. The zero-order valence-corrected chi connectivity index (χ0v) is 27.0. The molecule has 3 aromatic carbocycles. The summed E-state index contributed by atoms with van der Waals surface area (Å²) in [5.74, 6) is -10.5. The molecule has 17 heteroatoms. The van der Waals surface area contributed by atoms with Crippen molar-refractivity contribution < 1.29 is 0 Å². The second-order valence-electron chi connectivity index (χ2n) is 6.95. The first-order chi connectivity index (χ1) is 16.4. The molecule has 1 heterocycles. The van der Waals surface area contributed by atoms with E-state index < -0.39 is 31.5 Å². The molecule has 3 aromatic rings. The summed E-state index contributed by atoms with van der Waals surface area (Å²) in [6.07, 6.45) is 0. The minimum Gasteiger partial charge on any atom is -0.216 e. The first-order valence-corrected chi connectivity index (χ1v) is 24.4. The largest absolute Gasteiger partial charge is 0.282 e. The molecule has 0 radical (unpaired) electrons. The van der Waals surface area contributed by atoms with E-state index in [4.69, 9.17) is 83.2 Å². The molecule has 1 atom stereocenters. The molecule has 0 saturated heterocycles. The minimum absolute atomic E-state index is 0.913. The standard InChI is InChI=1S/C18H15Cl7N5P5/c19-32(20)27-33(21,22)29-35(25,30-34(23,24)28-32)26-31(16-10-4-1-5-11-16,17-12-6-2-7-13-17)18-14-8-3-9-15-18/h1-15H. The Kier molecular flexibility index (Phi) is 9.18. The highest BCUT2D eigenvalue weighted by atomic mass is 35.9. The summed E-state index contributed by atoms with van der Waals surface area (Å²) in [6, 6.07) is 29.3. The molecule has 4 rings (SSSR count). The van der Waals surface area contributed by atoms with Crippen LogP contribution >= 0.6 is 110 Å². The first-order valence-electron chi connectivity index (χ1n) is 9.59. The monoisotopic (exact) mass is 701 g/mol. The quantitative estimate of drug-likeness (QED) is 0.243. The Morgan fingerprint density at radius 1 is 0.457 bits per heavy atom. The second-order valence-corrected chi connectivity index (χ2v) is 28.5. The average Bonchev–Trinajstić information content (AvgIpc) is 2.76. The summed E-state index contributed by atoms with van der Waals surface area (Å²) in [5.41, 5.74) is 0. The van der Waals surface area contributed by atoms with Gasteiger partial charge in [0.1, 0.15) is 0 Å². The molecular weight excluding hydrogens is 689 g/mol. The Bertz CT molecular complexity index is 1410. The molecule has 1 aliphatic heterocycles. The molecule has 1 aliphatic rings. The minimum atomic E-state index is -3.67. The summed E-state index contributed by atoms with van der Waals surface area (Å²) in [4.78, 5) is 0. The first kappa shape index (κ1) is 28.8. The predicted molar refractivity (Wildman–Crippen MR) is 166 cm³/mol. The lowest BCUT2D eigenvalue weighted by Gasteiger charge is -2.29. The van der Waals surface area contributed by atoms with Gasteiger partial charge in [-0.1, -0.05) is 91.0 Å². The van der Waals surface area contributed by atoms with Gasteiger partial charge in [-0.05, 0) is 78.7 Å². The van der Waals surface area contributed by atoms with Crippen LogP contribution in [0.15, 0.2) is 114 Å². The smallest absolute Gasteiger partial charge is 0.216 e. The van der Waals surface area contributed by atoms with Crippen LogP contribution in [0.5, 0.6) is 0 Å². The third kappa shape index (κ3) is 7.08. The lowest BCUT2D eigenvalue weighted by Crippen LogP contribution is -2.25. The Labute approximate surface area is 237 Å². The van der Waals surface area contributed by atoms with Gasteiger partial charge in [0.2, 0.25) is 0 Å². The van der Waals surface area contributed by atoms with E-state index >= 15 is 0 Å². The highest BCUT2D eigenvalue weighted by Gasteiger charge is 2.36. The van der Waals surface area contributed by atoms with Crippen molar-refractivity contribution in [2.45, 2.75) is 0 Å². The summed E-state index contributed by atoms with van der Waals surface area (Å²) in [6.45, 7) is -3.67. The highest BCUT2D eigenvalue weighted by Crippen LogP contribution is 2.88. The molecule has 35 heavy (non-hydrogen) atoms. The fraction of sp³-hybridized carbons (Fsp3) is 0. The predicted octanol–water partition coefficient (Wildman–Crippen LogP) is 12.6. The maximum Gasteiger partial charge on any atom is 0.282 e. The van der Waals surface area contributed by atoms with Crippen LogP contribution in [0.3, 0.4) is 0 Å². The number of benzene rings is 3. The maximum atomic E-state index is 7.11. The van der Waals surface area contributed by atoms with E-state index in [0.717, 1.165) is 15.9 Å². The molecule has 0 amide bonds. The van der Waals surface area contributed by atoms with Gasteiger partial charge in [-0.15, -0.1) is 0 Å². The Balaban J connectivity index is 2.24. The van der Waals surface area contributed by atoms with Crippen LogP contribution in [0.2, 0.25) is 0 Å². The fourth-order valence-electron chi connectivity index (χ4n) is 3.34. The summed E-state index contributed by atoms with van der Waals surface area (Å²) in [5, 5.41) is 2.74. The van der Waals surface area contributed by atoms with Gasteiger partial charge in [0, 0.05) is 15.9 Å². The van der Waals surface area contributed by atoms with E-state index in [-0.39, 0.29) is 0 Å². The summed E-state index contributed by atoms with van der Waals surface area (Å²) >= 11 is 45.5. The zero-order valence-electron chi connectivity index (χ0n) is 17.3. The number of hydrogen-bond acceptors (Lipinski definition) is 5. The van der Waals surface area contributed by atoms with Crippen molar-refractivity contribution >= 4 is 126 Å². The SMILES string of the molecule is ClP1(Cl)=NP(Cl)(Cl)=NP(Cl)(N=P(c2ccccc2)(c2ccccc2)c2ccccc2)=NP(Cl)(Cl)=N1. The van der Waals surface area contributed by atoms with Crippen LogP contribution in [0.25, 0.3) is 0 Å². The lowest BCUT2D eigenvalue weighted by molar-refractivity contribution is 1.68. The zero-order chi connectivity index (χ0) is 25.4. The van der Waals surface area contributed by atoms with Gasteiger partial charge >= 0.3 is 0 Å². The summed E-state index contributed by atoms with van der Waals surface area (Å²) in [7, 11) is -2.85. The molecule has 0 fully saturated rings. The number of hydrogen-bond donors (Lipinski definition) is 0. The van der Waals surface area contributed by atoms with Crippen molar-refractivity contribution in [3.63, 3.8) is 0 Å². The van der Waals surface area contributed by atoms with Gasteiger partial charge in [-0.2, -0.15) is 18.1 Å². The van der Waals surface area contributed by atoms with Crippen molar-refractivity contribution in [1.82, 2.24) is 0 Å². The maximum absolute atomic E-state index is 7.11. The van der Waals surface area contributed by atoms with E-state index in [0.29, 0.717) is 0 Å². The van der Waals surface area contributed by atoms with E-state index in [1.165, 1.54) is 0 Å². The van der Waals surface area contributed by atoms with Gasteiger partial charge in [-0.3, -0.25) is 0 Å². The highest BCUT2D eigenvalue weighted by molar-refractivity contribution is 8.24. The van der Waals surface area contributed by atoms with Gasteiger partial charge in [-0.25, -0.2) is 4.52 Å². The molecule has 0 aliphatic carbocycles. The van der Waals surface area contributed by atoms with Crippen LogP contribution < -0.4 is 15.9 Å². The Hall–Kier alpha value is 0.840. The van der Waals surface area contributed by atoms with Crippen molar-refractivity contribution in [2.75, 3.05) is 0 Å². The Morgan fingerprint density at radius 2 is 0.771 bits per heavy atom. The topological polar surface area (TPSA) is 61.8 Å². The molecule has 1 unspecified atom stereocenters.